The number of amidine groups is 1. The lowest BCUT2D eigenvalue weighted by atomic mass is 10.3. The smallest absolute Gasteiger partial charge is 0.347 e. The summed E-state index contributed by atoms with van der Waals surface area (Å²) in [6.45, 7) is 4.19. The second kappa shape index (κ2) is 7.35. The molecule has 1 aromatic heterocycles. The molecule has 2 aliphatic rings. The van der Waals surface area contributed by atoms with Crippen LogP contribution in [-0.4, -0.2) is 39.9 Å². The maximum absolute atomic E-state index is 12.4. The molecule has 0 bridgehead atoms. The molecule has 1 unspecified atom stereocenters. The van der Waals surface area contributed by atoms with Crippen molar-refractivity contribution >= 4 is 29.5 Å². The van der Waals surface area contributed by atoms with Gasteiger partial charge in [-0.05, 0) is 26.0 Å². The van der Waals surface area contributed by atoms with Crippen LogP contribution in [-0.2, 0) is 9.53 Å². The zero-order valence-corrected chi connectivity index (χ0v) is 14.1. The minimum Gasteiger partial charge on any atom is -0.459 e. The maximum Gasteiger partial charge on any atom is 0.347 e. The first-order chi connectivity index (χ1) is 11.6. The van der Waals surface area contributed by atoms with Crippen LogP contribution in [0.1, 0.15) is 13.8 Å². The van der Waals surface area contributed by atoms with Gasteiger partial charge in [0, 0.05) is 18.6 Å². The van der Waals surface area contributed by atoms with E-state index in [9.17, 15) is 4.79 Å². The summed E-state index contributed by atoms with van der Waals surface area (Å²) in [5.41, 5.74) is 0.316. The number of carbonyl (C=O) groups is 1. The van der Waals surface area contributed by atoms with Gasteiger partial charge in [0.2, 0.25) is 5.95 Å². The number of hydrogen-bond donors (Lipinski definition) is 3. The fraction of sp³-hybridized carbons (Fsp3) is 0.333. The molecule has 8 nitrogen and oxygen atoms in total. The number of hydrogen-bond acceptors (Lipinski definition) is 9. The van der Waals surface area contributed by atoms with Gasteiger partial charge in [-0.2, -0.15) is 0 Å². The number of thioether (sulfide) groups is 1. The summed E-state index contributed by atoms with van der Waals surface area (Å²) >= 11 is 1.32. The van der Waals surface area contributed by atoms with Crippen LogP contribution in [0.4, 0.5) is 5.95 Å². The molecule has 3 rings (SSSR count). The minimum atomic E-state index is -0.380. The van der Waals surface area contributed by atoms with E-state index in [1.54, 1.807) is 24.7 Å². The Hall–Kier alpha value is -2.55. The third kappa shape index (κ3) is 3.85. The van der Waals surface area contributed by atoms with Gasteiger partial charge in [0.15, 0.2) is 11.3 Å². The summed E-state index contributed by atoms with van der Waals surface area (Å²) in [6.07, 6.45) is 6.79. The monoisotopic (exact) mass is 346 g/mol. The molecular weight excluding hydrogens is 328 g/mol. The van der Waals surface area contributed by atoms with E-state index in [-0.39, 0.29) is 17.6 Å². The Morgan fingerprint density at radius 3 is 2.88 bits per heavy atom. The van der Waals surface area contributed by atoms with E-state index in [1.807, 2.05) is 19.9 Å². The second-order valence-corrected chi connectivity index (χ2v) is 6.37. The molecule has 9 heteroatoms. The molecule has 3 N–H and O–H groups in total. The Bertz CT molecular complexity index is 701. The number of aromatic nitrogens is 2. The van der Waals surface area contributed by atoms with Crippen LogP contribution < -0.4 is 16.0 Å². The van der Waals surface area contributed by atoms with E-state index >= 15 is 0 Å². The first-order valence-corrected chi connectivity index (χ1v) is 8.40. The van der Waals surface area contributed by atoms with Crippen LogP contribution in [0, 0.1) is 0 Å². The zero-order chi connectivity index (χ0) is 16.9. The van der Waals surface area contributed by atoms with Crippen LogP contribution in [0.5, 0.6) is 0 Å². The van der Waals surface area contributed by atoms with Crippen LogP contribution in [0.2, 0.25) is 0 Å². The van der Waals surface area contributed by atoms with Gasteiger partial charge in [0.05, 0.1) is 12.6 Å². The number of aliphatic imine (C=N–C) groups is 1. The Labute approximate surface area is 143 Å². The predicted octanol–water partition coefficient (Wildman–Crippen LogP) is 1.19. The van der Waals surface area contributed by atoms with Crippen molar-refractivity contribution in [3.05, 3.63) is 41.3 Å². The van der Waals surface area contributed by atoms with Crippen LogP contribution in [0.3, 0.4) is 0 Å². The van der Waals surface area contributed by atoms with Crippen molar-refractivity contribution in [1.29, 1.82) is 0 Å². The van der Waals surface area contributed by atoms with E-state index in [2.05, 4.69) is 30.9 Å². The Balaban J connectivity index is 1.78. The number of rotatable bonds is 5. The first-order valence-electron chi connectivity index (χ1n) is 7.52. The van der Waals surface area contributed by atoms with Crippen molar-refractivity contribution in [3.8, 4) is 0 Å². The van der Waals surface area contributed by atoms with Crippen molar-refractivity contribution < 1.29 is 9.53 Å². The van der Waals surface area contributed by atoms with Crippen molar-refractivity contribution in [2.24, 2.45) is 4.99 Å². The summed E-state index contributed by atoms with van der Waals surface area (Å²) in [5.74, 6) is 0.701. The molecule has 0 amide bonds. The topological polar surface area (TPSA) is 101 Å². The molecule has 2 aliphatic heterocycles. The molecule has 0 aromatic carbocycles. The lowest BCUT2D eigenvalue weighted by Crippen LogP contribution is -2.36. The zero-order valence-electron chi connectivity index (χ0n) is 13.3. The van der Waals surface area contributed by atoms with Gasteiger partial charge >= 0.3 is 5.97 Å². The van der Waals surface area contributed by atoms with Crippen molar-refractivity contribution in [1.82, 2.24) is 20.6 Å². The van der Waals surface area contributed by atoms with Gasteiger partial charge in [-0.25, -0.2) is 14.8 Å². The largest absolute Gasteiger partial charge is 0.459 e. The van der Waals surface area contributed by atoms with Gasteiger partial charge in [-0.15, -0.1) is 0 Å². The van der Waals surface area contributed by atoms with E-state index < -0.39 is 0 Å². The highest BCUT2D eigenvalue weighted by atomic mass is 32.2. The molecule has 1 atom stereocenters. The SMILES string of the molecule is CC(C)OC(=O)C1=C(C2=NCC=CN2)NC(Nc2ncccn2)S1. The molecule has 0 aliphatic carbocycles. The fourth-order valence-corrected chi connectivity index (χ4v) is 3.08. The van der Waals surface area contributed by atoms with Crippen LogP contribution >= 0.6 is 11.8 Å². The lowest BCUT2D eigenvalue weighted by molar-refractivity contribution is -0.141. The van der Waals surface area contributed by atoms with Gasteiger partial charge in [-0.3, -0.25) is 4.99 Å². The summed E-state index contributed by atoms with van der Waals surface area (Å²) in [7, 11) is 0. The summed E-state index contributed by atoms with van der Waals surface area (Å²) in [4.78, 5) is 25.5. The van der Waals surface area contributed by atoms with Crippen LogP contribution in [0.15, 0.2) is 46.3 Å². The highest BCUT2D eigenvalue weighted by molar-refractivity contribution is 8.04. The average Bonchev–Trinajstić information content (AvgIpc) is 3.00. The van der Waals surface area contributed by atoms with Gasteiger partial charge in [0.1, 0.15) is 10.6 Å². The third-order valence-electron chi connectivity index (χ3n) is 3.02. The molecule has 0 fully saturated rings. The van der Waals surface area contributed by atoms with Gasteiger partial charge in [-0.1, -0.05) is 11.8 Å². The van der Waals surface area contributed by atoms with Crippen LogP contribution in [0.25, 0.3) is 0 Å². The second-order valence-electron chi connectivity index (χ2n) is 5.25. The molecule has 1 aromatic rings. The Kier molecular flexibility index (Phi) is 4.99. The molecule has 0 spiro atoms. The predicted molar refractivity (Wildman–Crippen MR) is 93.0 cm³/mol. The average molecular weight is 346 g/mol. The normalized spacial score (nSPS) is 19.6. The molecule has 126 valence electrons. The summed E-state index contributed by atoms with van der Waals surface area (Å²) < 4.78 is 5.34. The lowest BCUT2D eigenvalue weighted by Gasteiger charge is -2.16. The Morgan fingerprint density at radius 1 is 1.42 bits per heavy atom. The van der Waals surface area contributed by atoms with E-state index in [4.69, 9.17) is 4.74 Å². The number of esters is 1. The highest BCUT2D eigenvalue weighted by Crippen LogP contribution is 2.32. The molecule has 0 radical (unpaired) electrons. The molecule has 0 saturated carbocycles. The molecule has 24 heavy (non-hydrogen) atoms. The van der Waals surface area contributed by atoms with E-state index in [0.29, 0.717) is 28.9 Å². The number of nitrogens with one attached hydrogen (secondary N) is 3. The van der Waals surface area contributed by atoms with Crippen molar-refractivity contribution in [2.45, 2.75) is 25.4 Å². The van der Waals surface area contributed by atoms with Gasteiger partial charge in [0.25, 0.3) is 0 Å². The van der Waals surface area contributed by atoms with Crippen molar-refractivity contribution in [2.75, 3.05) is 11.9 Å². The van der Waals surface area contributed by atoms with E-state index in [1.165, 1.54) is 11.8 Å². The number of carbonyl (C=O) groups excluding carboxylic acids is 1. The third-order valence-corrected chi connectivity index (χ3v) is 4.10. The fourth-order valence-electron chi connectivity index (χ4n) is 2.08. The molecular formula is C15H18N6O2S. The summed E-state index contributed by atoms with van der Waals surface area (Å²) in [5, 5.41) is 9.42. The molecule has 0 saturated heterocycles. The first kappa shape index (κ1) is 16.3. The van der Waals surface area contributed by atoms with E-state index in [0.717, 1.165) is 0 Å². The standard InChI is InChI=1S/C15H18N6O2S/c1-9(2)23-13(22)11-10(12-16-5-3-6-17-12)20-15(24-11)21-14-18-7-4-8-19-14/h3-5,7-9,15,20H,6H2,1-2H3,(H,16,17)(H,18,19,21). The number of ether oxygens (including phenoxy) is 1. The summed E-state index contributed by atoms with van der Waals surface area (Å²) in [6, 6.07) is 1.74. The van der Waals surface area contributed by atoms with Crippen molar-refractivity contribution in [3.63, 3.8) is 0 Å². The highest BCUT2D eigenvalue weighted by Gasteiger charge is 2.33. The minimum absolute atomic E-state index is 0.197. The number of anilines is 1. The quantitative estimate of drug-likeness (QED) is 0.684. The van der Waals surface area contributed by atoms with Gasteiger partial charge < -0.3 is 20.7 Å². The maximum atomic E-state index is 12.4. The molecule has 3 heterocycles. The number of nitrogens with zero attached hydrogens (tertiary/aromatic N) is 3. The Morgan fingerprint density at radius 2 is 2.21 bits per heavy atom.